The molecule has 0 unspecified atom stereocenters. The standard InChI is InChI=1S/C14H17N3O3S/c18-14(19)12-11(9-17-5-7-20-8-6-17)21-13(16-12)10-1-3-15-4-2-10/h1-4,14,18-19H,5-9H2. The monoisotopic (exact) mass is 307 g/mol. The minimum absolute atomic E-state index is 0.346. The molecule has 6 nitrogen and oxygen atoms in total. The number of nitrogens with zero attached hydrogens (tertiary/aromatic N) is 3. The van der Waals surface area contributed by atoms with E-state index < -0.39 is 6.29 Å². The molecule has 2 N–H and O–H groups in total. The first-order valence-electron chi connectivity index (χ1n) is 6.80. The Labute approximate surface area is 126 Å². The van der Waals surface area contributed by atoms with E-state index in [1.165, 1.54) is 11.3 Å². The lowest BCUT2D eigenvalue weighted by molar-refractivity contribution is -0.0466. The highest BCUT2D eigenvalue weighted by Gasteiger charge is 2.20. The van der Waals surface area contributed by atoms with Crippen LogP contribution in [0.25, 0.3) is 10.6 Å². The van der Waals surface area contributed by atoms with E-state index in [0.717, 1.165) is 28.5 Å². The molecule has 1 fully saturated rings. The van der Waals surface area contributed by atoms with E-state index in [4.69, 9.17) is 4.74 Å². The van der Waals surface area contributed by atoms with E-state index in [1.807, 2.05) is 12.1 Å². The summed E-state index contributed by atoms with van der Waals surface area (Å²) in [5.41, 5.74) is 1.28. The number of ether oxygens (including phenoxy) is 1. The smallest absolute Gasteiger partial charge is 0.197 e. The minimum atomic E-state index is -1.55. The maximum absolute atomic E-state index is 9.54. The second kappa shape index (κ2) is 6.59. The molecule has 3 rings (SSSR count). The average molecular weight is 307 g/mol. The molecule has 0 radical (unpaired) electrons. The van der Waals surface area contributed by atoms with Crippen LogP contribution in [0.3, 0.4) is 0 Å². The average Bonchev–Trinajstić information content (AvgIpc) is 2.93. The van der Waals surface area contributed by atoms with Gasteiger partial charge in [-0.3, -0.25) is 9.88 Å². The summed E-state index contributed by atoms with van der Waals surface area (Å²) in [5.74, 6) is 0. The number of thiazole rings is 1. The van der Waals surface area contributed by atoms with E-state index in [0.29, 0.717) is 25.5 Å². The van der Waals surface area contributed by atoms with Crippen LogP contribution in [0, 0.1) is 0 Å². The normalized spacial score (nSPS) is 16.5. The largest absolute Gasteiger partial charge is 0.379 e. The van der Waals surface area contributed by atoms with Crippen molar-refractivity contribution < 1.29 is 14.9 Å². The Morgan fingerprint density at radius 2 is 1.95 bits per heavy atom. The Kier molecular flexibility index (Phi) is 4.57. The van der Waals surface area contributed by atoms with Gasteiger partial charge in [0.15, 0.2) is 6.29 Å². The summed E-state index contributed by atoms with van der Waals surface area (Å²) in [4.78, 5) is 11.5. The SMILES string of the molecule is OC(O)c1nc(-c2ccncc2)sc1CN1CCOCC1. The van der Waals surface area contributed by atoms with Crippen LogP contribution in [-0.2, 0) is 11.3 Å². The van der Waals surface area contributed by atoms with Gasteiger partial charge in [0.05, 0.1) is 13.2 Å². The van der Waals surface area contributed by atoms with Crippen molar-refractivity contribution >= 4 is 11.3 Å². The number of rotatable bonds is 4. The molecule has 112 valence electrons. The Morgan fingerprint density at radius 3 is 2.62 bits per heavy atom. The molecule has 0 saturated carbocycles. The highest BCUT2D eigenvalue weighted by Crippen LogP contribution is 2.31. The molecular weight excluding hydrogens is 290 g/mol. The summed E-state index contributed by atoms with van der Waals surface area (Å²) in [5, 5.41) is 19.9. The summed E-state index contributed by atoms with van der Waals surface area (Å²) in [6.07, 6.45) is 1.86. The number of hydrogen-bond acceptors (Lipinski definition) is 7. The minimum Gasteiger partial charge on any atom is -0.379 e. The third-order valence-electron chi connectivity index (χ3n) is 3.37. The number of hydrogen-bond donors (Lipinski definition) is 2. The van der Waals surface area contributed by atoms with Crippen molar-refractivity contribution in [1.29, 1.82) is 0 Å². The van der Waals surface area contributed by atoms with Gasteiger partial charge in [-0.2, -0.15) is 0 Å². The molecule has 0 aromatic carbocycles. The van der Waals surface area contributed by atoms with Crippen LogP contribution in [-0.4, -0.2) is 51.4 Å². The maximum atomic E-state index is 9.54. The second-order valence-electron chi connectivity index (χ2n) is 4.83. The third-order valence-corrected chi connectivity index (χ3v) is 4.48. The van der Waals surface area contributed by atoms with Crippen molar-refractivity contribution in [3.8, 4) is 10.6 Å². The molecule has 1 aliphatic heterocycles. The van der Waals surface area contributed by atoms with Crippen LogP contribution in [0.2, 0.25) is 0 Å². The first kappa shape index (κ1) is 14.6. The molecule has 7 heteroatoms. The zero-order valence-corrected chi connectivity index (χ0v) is 12.3. The van der Waals surface area contributed by atoms with Gasteiger partial charge in [-0.15, -0.1) is 11.3 Å². The highest BCUT2D eigenvalue weighted by atomic mass is 32.1. The molecule has 0 aliphatic carbocycles. The summed E-state index contributed by atoms with van der Waals surface area (Å²) in [7, 11) is 0. The number of aromatic nitrogens is 2. The highest BCUT2D eigenvalue weighted by molar-refractivity contribution is 7.15. The van der Waals surface area contributed by atoms with Gasteiger partial charge in [0.25, 0.3) is 0 Å². The van der Waals surface area contributed by atoms with Crippen molar-refractivity contribution in [1.82, 2.24) is 14.9 Å². The van der Waals surface area contributed by atoms with Crippen LogP contribution in [0.15, 0.2) is 24.5 Å². The Bertz CT molecular complexity index is 582. The molecule has 1 saturated heterocycles. The van der Waals surface area contributed by atoms with Gasteiger partial charge in [0, 0.05) is 42.5 Å². The summed E-state index contributed by atoms with van der Waals surface area (Å²) < 4.78 is 5.33. The molecule has 1 aliphatic rings. The van der Waals surface area contributed by atoms with Crippen LogP contribution in [0.1, 0.15) is 16.9 Å². The molecule has 0 atom stereocenters. The number of aliphatic hydroxyl groups is 2. The quantitative estimate of drug-likeness (QED) is 0.821. The zero-order chi connectivity index (χ0) is 14.7. The van der Waals surface area contributed by atoms with E-state index >= 15 is 0 Å². The summed E-state index contributed by atoms with van der Waals surface area (Å²) in [6, 6.07) is 3.73. The predicted octanol–water partition coefficient (Wildman–Crippen LogP) is 1.02. The van der Waals surface area contributed by atoms with Crippen molar-refractivity contribution in [3.63, 3.8) is 0 Å². The molecule has 3 heterocycles. The van der Waals surface area contributed by atoms with Crippen LogP contribution < -0.4 is 0 Å². The van der Waals surface area contributed by atoms with Gasteiger partial charge in [-0.25, -0.2) is 4.98 Å². The number of morpholine rings is 1. The Balaban J connectivity index is 1.86. The van der Waals surface area contributed by atoms with Crippen molar-refractivity contribution in [2.75, 3.05) is 26.3 Å². The Morgan fingerprint density at radius 1 is 1.24 bits per heavy atom. The first-order chi connectivity index (χ1) is 10.2. The maximum Gasteiger partial charge on any atom is 0.197 e. The van der Waals surface area contributed by atoms with Gasteiger partial charge < -0.3 is 14.9 Å². The Hall–Kier alpha value is -1.38. The second-order valence-corrected chi connectivity index (χ2v) is 5.91. The molecule has 0 spiro atoms. The van der Waals surface area contributed by atoms with Gasteiger partial charge in [0.2, 0.25) is 0 Å². The molecule has 21 heavy (non-hydrogen) atoms. The van der Waals surface area contributed by atoms with Crippen LogP contribution >= 0.6 is 11.3 Å². The lowest BCUT2D eigenvalue weighted by Gasteiger charge is -2.26. The fourth-order valence-corrected chi connectivity index (χ4v) is 3.39. The topological polar surface area (TPSA) is 78.7 Å². The van der Waals surface area contributed by atoms with E-state index in [9.17, 15) is 10.2 Å². The van der Waals surface area contributed by atoms with Crippen LogP contribution in [0.4, 0.5) is 0 Å². The van der Waals surface area contributed by atoms with Crippen molar-refractivity contribution in [2.24, 2.45) is 0 Å². The van der Waals surface area contributed by atoms with Gasteiger partial charge in [0.1, 0.15) is 10.7 Å². The molecule has 2 aromatic heterocycles. The lowest BCUT2D eigenvalue weighted by Crippen LogP contribution is -2.35. The van der Waals surface area contributed by atoms with Gasteiger partial charge >= 0.3 is 0 Å². The molecule has 2 aromatic rings. The molecule has 0 amide bonds. The molecular formula is C14H17N3O3S. The lowest BCUT2D eigenvalue weighted by atomic mass is 10.3. The first-order valence-corrected chi connectivity index (χ1v) is 7.62. The van der Waals surface area contributed by atoms with Gasteiger partial charge in [-0.05, 0) is 12.1 Å². The zero-order valence-electron chi connectivity index (χ0n) is 11.5. The van der Waals surface area contributed by atoms with Crippen molar-refractivity contribution in [2.45, 2.75) is 12.8 Å². The number of pyridine rings is 1. The third kappa shape index (κ3) is 3.45. The van der Waals surface area contributed by atoms with E-state index in [2.05, 4.69) is 14.9 Å². The van der Waals surface area contributed by atoms with Gasteiger partial charge in [-0.1, -0.05) is 0 Å². The van der Waals surface area contributed by atoms with E-state index in [-0.39, 0.29) is 0 Å². The summed E-state index contributed by atoms with van der Waals surface area (Å²) in [6.45, 7) is 3.80. The predicted molar refractivity (Wildman–Crippen MR) is 78.6 cm³/mol. The fraction of sp³-hybridized carbons (Fsp3) is 0.429. The van der Waals surface area contributed by atoms with E-state index in [1.54, 1.807) is 12.4 Å². The van der Waals surface area contributed by atoms with Crippen molar-refractivity contribution in [3.05, 3.63) is 35.1 Å². The molecule has 0 bridgehead atoms. The van der Waals surface area contributed by atoms with Crippen LogP contribution in [0.5, 0.6) is 0 Å². The summed E-state index contributed by atoms with van der Waals surface area (Å²) >= 11 is 1.49. The fourth-order valence-electron chi connectivity index (χ4n) is 2.26. The number of aliphatic hydroxyl groups excluding tert-OH is 1.